The standard InChI is InChI=1S/C28H34N4O4/c1-19-21(17-30-31-19)4-3-14-32-15-12-20(22(18-32)6-10-28(34)35)5-9-27(33)24-11-13-29-26-8-7-23(36-2)16-25(24)26/h7-8,11,13,16-17,20,22,27,33H,5-6,9-10,12,14-15,18H2,1-2H3,(H,30,31)(H,34,35)/t20-,22-,27-/m1/s1. The molecule has 3 aromatic rings. The zero-order valence-corrected chi connectivity index (χ0v) is 20.9. The number of rotatable bonds is 9. The number of aliphatic carboxylic acids is 1. The maximum absolute atomic E-state index is 11.3. The summed E-state index contributed by atoms with van der Waals surface area (Å²) >= 11 is 0. The zero-order valence-electron chi connectivity index (χ0n) is 20.9. The van der Waals surface area contributed by atoms with E-state index in [1.54, 1.807) is 19.5 Å². The number of aliphatic hydroxyl groups is 1. The summed E-state index contributed by atoms with van der Waals surface area (Å²) in [6.45, 7) is 4.33. The molecule has 8 nitrogen and oxygen atoms in total. The second-order valence-corrected chi connectivity index (χ2v) is 9.56. The van der Waals surface area contributed by atoms with E-state index in [1.165, 1.54) is 0 Å². The molecule has 1 fully saturated rings. The molecule has 1 aliphatic heterocycles. The van der Waals surface area contributed by atoms with E-state index in [4.69, 9.17) is 4.74 Å². The number of aromatic amines is 1. The molecule has 0 radical (unpaired) electrons. The van der Waals surface area contributed by atoms with E-state index >= 15 is 0 Å². The van der Waals surface area contributed by atoms with Crippen molar-refractivity contribution in [3.05, 3.63) is 53.5 Å². The van der Waals surface area contributed by atoms with Crippen LogP contribution in [0, 0.1) is 30.6 Å². The number of piperidine rings is 1. The number of H-pyrrole nitrogens is 1. The Balaban J connectivity index is 1.40. The Kier molecular flexibility index (Phi) is 8.57. The van der Waals surface area contributed by atoms with E-state index in [1.807, 2.05) is 31.2 Å². The van der Waals surface area contributed by atoms with Gasteiger partial charge in [-0.3, -0.25) is 19.8 Å². The Labute approximate surface area is 211 Å². The summed E-state index contributed by atoms with van der Waals surface area (Å²) in [4.78, 5) is 18.0. The van der Waals surface area contributed by atoms with Gasteiger partial charge in [-0.05, 0) is 80.8 Å². The first-order chi connectivity index (χ1) is 17.4. The van der Waals surface area contributed by atoms with Crippen molar-refractivity contribution in [2.45, 2.75) is 45.1 Å². The maximum Gasteiger partial charge on any atom is 0.303 e. The number of aryl methyl sites for hydroxylation is 1. The Bertz CT molecular complexity index is 1250. The fourth-order valence-electron chi connectivity index (χ4n) is 5.13. The number of nitrogens with one attached hydrogen (secondary N) is 1. The summed E-state index contributed by atoms with van der Waals surface area (Å²) in [6.07, 6.45) is 6.06. The van der Waals surface area contributed by atoms with Gasteiger partial charge in [0.1, 0.15) is 5.75 Å². The van der Waals surface area contributed by atoms with Crippen LogP contribution in [0.15, 0.2) is 36.7 Å². The number of benzene rings is 1. The van der Waals surface area contributed by atoms with Crippen molar-refractivity contribution in [1.82, 2.24) is 20.1 Å². The van der Waals surface area contributed by atoms with Gasteiger partial charge in [-0.15, -0.1) is 0 Å². The Morgan fingerprint density at radius 1 is 1.31 bits per heavy atom. The number of fused-ring (bicyclic) bond motifs is 1. The highest BCUT2D eigenvalue weighted by atomic mass is 16.5. The maximum atomic E-state index is 11.3. The molecule has 1 aliphatic rings. The van der Waals surface area contributed by atoms with Gasteiger partial charge in [0, 0.05) is 30.2 Å². The summed E-state index contributed by atoms with van der Waals surface area (Å²) in [5.41, 5.74) is 3.54. The molecule has 4 rings (SSSR count). The van der Waals surface area contributed by atoms with E-state index in [9.17, 15) is 15.0 Å². The number of carboxylic acid groups (broad SMARTS) is 1. The highest BCUT2D eigenvalue weighted by molar-refractivity contribution is 5.83. The molecule has 36 heavy (non-hydrogen) atoms. The third-order valence-corrected chi connectivity index (χ3v) is 7.21. The molecular formula is C28H34N4O4. The SMILES string of the molecule is COc1ccc2nccc([C@H](O)CC[C@@H]3CCN(CC#Cc4cn[nH]c4C)C[C@H]3CCC(=O)O)c2c1. The lowest BCUT2D eigenvalue weighted by Gasteiger charge is -2.38. The molecule has 0 bridgehead atoms. The molecule has 1 aromatic carbocycles. The monoisotopic (exact) mass is 490 g/mol. The van der Waals surface area contributed by atoms with Gasteiger partial charge in [0.25, 0.3) is 0 Å². The third kappa shape index (κ3) is 6.42. The van der Waals surface area contributed by atoms with E-state index in [0.29, 0.717) is 25.3 Å². The number of ether oxygens (including phenoxy) is 1. The van der Waals surface area contributed by atoms with Crippen LogP contribution in [0.4, 0.5) is 0 Å². The van der Waals surface area contributed by atoms with Crippen molar-refractivity contribution < 1.29 is 19.7 Å². The van der Waals surface area contributed by atoms with Crippen molar-refractivity contribution in [3.8, 4) is 17.6 Å². The lowest BCUT2D eigenvalue weighted by atomic mass is 9.79. The van der Waals surface area contributed by atoms with Crippen LogP contribution in [0.25, 0.3) is 10.9 Å². The Morgan fingerprint density at radius 3 is 2.92 bits per heavy atom. The van der Waals surface area contributed by atoms with Gasteiger partial charge in [0.15, 0.2) is 0 Å². The van der Waals surface area contributed by atoms with E-state index in [-0.39, 0.29) is 12.3 Å². The molecule has 0 saturated carbocycles. The Hall–Kier alpha value is -3.41. The molecule has 8 heteroatoms. The lowest BCUT2D eigenvalue weighted by Crippen LogP contribution is -2.41. The molecule has 0 amide bonds. The van der Waals surface area contributed by atoms with Crippen molar-refractivity contribution in [2.75, 3.05) is 26.7 Å². The number of pyridine rings is 1. The molecule has 3 N–H and O–H groups in total. The first-order valence-electron chi connectivity index (χ1n) is 12.5. The zero-order chi connectivity index (χ0) is 25.5. The normalized spacial score (nSPS) is 19.0. The number of carbonyl (C=O) groups is 1. The van der Waals surface area contributed by atoms with Crippen LogP contribution in [0.1, 0.15) is 55.0 Å². The molecule has 0 aliphatic carbocycles. The van der Waals surface area contributed by atoms with Gasteiger partial charge in [0.05, 0.1) is 37.0 Å². The molecule has 0 unspecified atom stereocenters. The summed E-state index contributed by atoms with van der Waals surface area (Å²) in [5, 5.41) is 28.2. The average Bonchev–Trinajstić information content (AvgIpc) is 3.30. The van der Waals surface area contributed by atoms with Gasteiger partial charge >= 0.3 is 5.97 Å². The van der Waals surface area contributed by atoms with Gasteiger partial charge in [-0.1, -0.05) is 11.8 Å². The number of aliphatic hydroxyl groups excluding tert-OH is 1. The molecule has 0 spiro atoms. The van der Waals surface area contributed by atoms with Gasteiger partial charge in [-0.2, -0.15) is 5.10 Å². The summed E-state index contributed by atoms with van der Waals surface area (Å²) in [6, 6.07) is 7.56. The molecule has 1 saturated heterocycles. The first kappa shape index (κ1) is 25.7. The van der Waals surface area contributed by atoms with Crippen LogP contribution in [-0.4, -0.2) is 63.0 Å². The number of aromatic nitrogens is 3. The van der Waals surface area contributed by atoms with E-state index < -0.39 is 12.1 Å². The van der Waals surface area contributed by atoms with Crippen molar-refractivity contribution in [2.24, 2.45) is 11.8 Å². The van der Waals surface area contributed by atoms with Gasteiger partial charge in [-0.25, -0.2) is 0 Å². The predicted octanol–water partition coefficient (Wildman–Crippen LogP) is 3.94. The van der Waals surface area contributed by atoms with Crippen LogP contribution in [0.3, 0.4) is 0 Å². The van der Waals surface area contributed by atoms with Gasteiger partial charge < -0.3 is 14.9 Å². The fraction of sp³-hybridized carbons (Fsp3) is 0.464. The second-order valence-electron chi connectivity index (χ2n) is 9.56. The van der Waals surface area contributed by atoms with Crippen LogP contribution in [0.5, 0.6) is 5.75 Å². The summed E-state index contributed by atoms with van der Waals surface area (Å²) in [5.74, 6) is 7.00. The molecule has 3 heterocycles. The minimum Gasteiger partial charge on any atom is -0.497 e. The summed E-state index contributed by atoms with van der Waals surface area (Å²) < 4.78 is 5.36. The fourth-order valence-corrected chi connectivity index (χ4v) is 5.13. The number of hydrogen-bond donors (Lipinski definition) is 3. The second kappa shape index (κ2) is 12.0. The average molecular weight is 491 g/mol. The van der Waals surface area contributed by atoms with E-state index in [0.717, 1.165) is 59.4 Å². The van der Waals surface area contributed by atoms with Crippen LogP contribution >= 0.6 is 0 Å². The van der Waals surface area contributed by atoms with Crippen LogP contribution < -0.4 is 4.74 Å². The highest BCUT2D eigenvalue weighted by Gasteiger charge is 2.30. The van der Waals surface area contributed by atoms with Crippen molar-refractivity contribution in [1.29, 1.82) is 0 Å². The Morgan fingerprint density at radius 2 is 2.17 bits per heavy atom. The van der Waals surface area contributed by atoms with Crippen molar-refractivity contribution in [3.63, 3.8) is 0 Å². The van der Waals surface area contributed by atoms with Crippen molar-refractivity contribution >= 4 is 16.9 Å². The first-order valence-corrected chi connectivity index (χ1v) is 12.5. The third-order valence-electron chi connectivity index (χ3n) is 7.21. The lowest BCUT2D eigenvalue weighted by molar-refractivity contribution is -0.137. The highest BCUT2D eigenvalue weighted by Crippen LogP contribution is 2.35. The van der Waals surface area contributed by atoms with E-state index in [2.05, 4.69) is 31.9 Å². The number of nitrogens with zero attached hydrogens (tertiary/aromatic N) is 3. The summed E-state index contributed by atoms with van der Waals surface area (Å²) in [7, 11) is 1.63. The number of likely N-dealkylation sites (tertiary alicyclic amines) is 1. The molecular weight excluding hydrogens is 456 g/mol. The topological polar surface area (TPSA) is 112 Å². The predicted molar refractivity (Wildman–Crippen MR) is 138 cm³/mol. The molecule has 190 valence electrons. The van der Waals surface area contributed by atoms with Gasteiger partial charge in [0.2, 0.25) is 0 Å². The number of methoxy groups -OCH3 is 1. The minimum absolute atomic E-state index is 0.159. The van der Waals surface area contributed by atoms with Crippen LogP contribution in [0.2, 0.25) is 0 Å². The smallest absolute Gasteiger partial charge is 0.303 e. The molecule has 3 atom stereocenters. The minimum atomic E-state index is -0.765. The number of hydrogen-bond acceptors (Lipinski definition) is 6. The number of carboxylic acids is 1. The quantitative estimate of drug-likeness (QED) is 0.390. The largest absolute Gasteiger partial charge is 0.497 e. The molecule has 2 aromatic heterocycles. The van der Waals surface area contributed by atoms with Crippen LogP contribution in [-0.2, 0) is 4.79 Å².